The second-order valence-electron chi connectivity index (χ2n) is 7.88. The first-order chi connectivity index (χ1) is 15.7. The maximum absolute atomic E-state index is 13.0. The minimum atomic E-state index is -0.250. The Balaban J connectivity index is 1.19. The summed E-state index contributed by atoms with van der Waals surface area (Å²) in [5.41, 5.74) is 2.64. The van der Waals surface area contributed by atoms with E-state index in [1.807, 2.05) is 36.4 Å². The summed E-state index contributed by atoms with van der Waals surface area (Å²) in [4.78, 5) is 31.7. The van der Waals surface area contributed by atoms with Gasteiger partial charge in [-0.2, -0.15) is 5.10 Å². The highest BCUT2D eigenvalue weighted by molar-refractivity contribution is 5.93. The Labute approximate surface area is 184 Å². The average molecular weight is 433 g/mol. The van der Waals surface area contributed by atoms with Crippen molar-refractivity contribution in [3.63, 3.8) is 0 Å². The van der Waals surface area contributed by atoms with Crippen LogP contribution in [0.1, 0.15) is 28.9 Å². The number of carbonyl (C=O) groups excluding carboxylic acids is 2. The van der Waals surface area contributed by atoms with Crippen LogP contribution in [-0.4, -0.2) is 51.8 Å². The number of benzene rings is 1. The van der Waals surface area contributed by atoms with Crippen molar-refractivity contribution in [3.8, 4) is 22.9 Å². The lowest BCUT2D eigenvalue weighted by Crippen LogP contribution is -2.45. The molecule has 0 unspecified atom stereocenters. The van der Waals surface area contributed by atoms with Gasteiger partial charge in [0.05, 0.1) is 11.6 Å². The fourth-order valence-corrected chi connectivity index (χ4v) is 4.01. The highest BCUT2D eigenvalue weighted by Crippen LogP contribution is 2.32. The number of hydrogen-bond acceptors (Lipinski definition) is 6. The van der Waals surface area contributed by atoms with Gasteiger partial charge in [0.15, 0.2) is 11.5 Å². The van der Waals surface area contributed by atoms with E-state index in [-0.39, 0.29) is 24.5 Å². The number of aromatic nitrogens is 3. The van der Waals surface area contributed by atoms with Gasteiger partial charge in [0, 0.05) is 25.8 Å². The summed E-state index contributed by atoms with van der Waals surface area (Å²) in [6, 6.07) is 12.9. The molecular formula is C23H23N5O4. The Bertz CT molecular complexity index is 1130. The number of likely N-dealkylation sites (tertiary alicyclic amines) is 1. The monoisotopic (exact) mass is 433 g/mol. The van der Waals surface area contributed by atoms with Gasteiger partial charge in [-0.15, -0.1) is 0 Å². The summed E-state index contributed by atoms with van der Waals surface area (Å²) in [7, 11) is 0. The molecule has 2 aliphatic heterocycles. The maximum atomic E-state index is 13.0. The Kier molecular flexibility index (Phi) is 5.45. The number of hydrogen-bond donors (Lipinski definition) is 2. The number of rotatable bonds is 5. The largest absolute Gasteiger partial charge is 0.454 e. The van der Waals surface area contributed by atoms with E-state index in [1.165, 1.54) is 0 Å². The number of nitrogens with one attached hydrogen (secondary N) is 2. The molecule has 4 heterocycles. The Hall–Kier alpha value is -3.88. The summed E-state index contributed by atoms with van der Waals surface area (Å²) in [6.45, 7) is 1.61. The zero-order valence-electron chi connectivity index (χ0n) is 17.4. The molecule has 1 fully saturated rings. The van der Waals surface area contributed by atoms with Crippen molar-refractivity contribution in [1.82, 2.24) is 25.4 Å². The van der Waals surface area contributed by atoms with Crippen molar-refractivity contribution in [2.24, 2.45) is 5.92 Å². The average Bonchev–Trinajstić information content (AvgIpc) is 3.52. The van der Waals surface area contributed by atoms with Crippen molar-refractivity contribution in [3.05, 3.63) is 59.9 Å². The molecule has 0 spiro atoms. The number of pyridine rings is 1. The summed E-state index contributed by atoms with van der Waals surface area (Å²) < 4.78 is 10.7. The first-order valence-corrected chi connectivity index (χ1v) is 10.6. The van der Waals surface area contributed by atoms with Gasteiger partial charge in [-0.1, -0.05) is 12.1 Å². The Morgan fingerprint density at radius 2 is 2.03 bits per heavy atom. The van der Waals surface area contributed by atoms with Crippen LogP contribution < -0.4 is 14.8 Å². The standard InChI is InChI=1S/C23H23N5O4/c29-22(25-12-15-6-7-20-21(10-15)32-14-31-20)16-4-3-9-28(13-16)23(30)19-11-18(26-27-19)17-5-1-2-8-24-17/h1-2,5-8,10-11,16H,3-4,9,12-14H2,(H,25,29)(H,26,27)/t16-/m0/s1. The highest BCUT2D eigenvalue weighted by atomic mass is 16.7. The lowest BCUT2D eigenvalue weighted by Gasteiger charge is -2.31. The number of carbonyl (C=O) groups is 2. The quantitative estimate of drug-likeness (QED) is 0.639. The van der Waals surface area contributed by atoms with Crippen molar-refractivity contribution in [2.45, 2.75) is 19.4 Å². The van der Waals surface area contributed by atoms with E-state index in [1.54, 1.807) is 17.2 Å². The first-order valence-electron chi connectivity index (χ1n) is 10.6. The number of fused-ring (bicyclic) bond motifs is 1. The zero-order chi connectivity index (χ0) is 21.9. The van der Waals surface area contributed by atoms with Gasteiger partial charge in [-0.25, -0.2) is 0 Å². The fourth-order valence-electron chi connectivity index (χ4n) is 4.01. The van der Waals surface area contributed by atoms with Crippen LogP contribution in [-0.2, 0) is 11.3 Å². The van der Waals surface area contributed by atoms with E-state index in [4.69, 9.17) is 9.47 Å². The summed E-state index contributed by atoms with van der Waals surface area (Å²) in [5, 5.41) is 10.0. The molecule has 2 amide bonds. The molecule has 164 valence electrons. The molecule has 0 saturated carbocycles. The molecule has 1 saturated heterocycles. The molecule has 2 aliphatic rings. The van der Waals surface area contributed by atoms with Gasteiger partial charge in [0.25, 0.3) is 5.91 Å². The summed E-state index contributed by atoms with van der Waals surface area (Å²) >= 11 is 0. The van der Waals surface area contributed by atoms with Crippen LogP contribution in [0.2, 0.25) is 0 Å². The van der Waals surface area contributed by atoms with Crippen LogP contribution in [0.15, 0.2) is 48.7 Å². The molecule has 9 nitrogen and oxygen atoms in total. The van der Waals surface area contributed by atoms with Crippen LogP contribution in [0.3, 0.4) is 0 Å². The number of amides is 2. The van der Waals surface area contributed by atoms with Crippen molar-refractivity contribution >= 4 is 11.8 Å². The van der Waals surface area contributed by atoms with Crippen LogP contribution in [0.4, 0.5) is 0 Å². The predicted molar refractivity (Wildman–Crippen MR) is 115 cm³/mol. The molecule has 1 atom stereocenters. The molecule has 32 heavy (non-hydrogen) atoms. The molecule has 1 aromatic carbocycles. The van der Waals surface area contributed by atoms with Crippen LogP contribution >= 0.6 is 0 Å². The molecular weight excluding hydrogens is 410 g/mol. The number of nitrogens with zero attached hydrogens (tertiary/aromatic N) is 3. The number of H-pyrrole nitrogens is 1. The number of aromatic amines is 1. The zero-order valence-corrected chi connectivity index (χ0v) is 17.4. The second kappa shape index (κ2) is 8.70. The topological polar surface area (TPSA) is 109 Å². The van der Waals surface area contributed by atoms with Crippen molar-refractivity contribution in [1.29, 1.82) is 0 Å². The lowest BCUT2D eigenvalue weighted by atomic mass is 9.96. The third kappa shape index (κ3) is 4.14. The minimum absolute atomic E-state index is 0.0565. The van der Waals surface area contributed by atoms with E-state index in [2.05, 4.69) is 20.5 Å². The van der Waals surface area contributed by atoms with Crippen LogP contribution in [0.5, 0.6) is 11.5 Å². The van der Waals surface area contributed by atoms with Gasteiger partial charge in [-0.05, 0) is 48.7 Å². The molecule has 2 N–H and O–H groups in total. The normalized spacial score (nSPS) is 17.2. The Morgan fingerprint density at radius 1 is 1.12 bits per heavy atom. The van der Waals surface area contributed by atoms with E-state index in [9.17, 15) is 9.59 Å². The predicted octanol–water partition coefficient (Wildman–Crippen LogP) is 2.37. The number of piperidine rings is 1. The molecule has 0 aliphatic carbocycles. The number of ether oxygens (including phenoxy) is 2. The van der Waals surface area contributed by atoms with Gasteiger partial charge in [0.1, 0.15) is 11.4 Å². The SMILES string of the molecule is O=C(NCc1ccc2c(c1)OCO2)[C@H]1CCCN(C(=O)c2cc(-c3ccccn3)n[nH]2)C1. The summed E-state index contributed by atoms with van der Waals surface area (Å²) in [5.74, 6) is 0.939. The van der Waals surface area contributed by atoms with Crippen molar-refractivity contribution < 1.29 is 19.1 Å². The molecule has 2 aromatic heterocycles. The molecule has 0 radical (unpaired) electrons. The summed E-state index contributed by atoms with van der Waals surface area (Å²) in [6.07, 6.45) is 3.21. The smallest absolute Gasteiger partial charge is 0.271 e. The Morgan fingerprint density at radius 3 is 2.91 bits per heavy atom. The first kappa shape index (κ1) is 20.0. The minimum Gasteiger partial charge on any atom is -0.454 e. The second-order valence-corrected chi connectivity index (χ2v) is 7.88. The van der Waals surface area contributed by atoms with Gasteiger partial charge >= 0.3 is 0 Å². The fraction of sp³-hybridized carbons (Fsp3) is 0.304. The lowest BCUT2D eigenvalue weighted by molar-refractivity contribution is -0.126. The van der Waals surface area contributed by atoms with Crippen LogP contribution in [0, 0.1) is 5.92 Å². The van der Waals surface area contributed by atoms with Gasteiger partial charge in [-0.3, -0.25) is 19.7 Å². The van der Waals surface area contributed by atoms with E-state index < -0.39 is 0 Å². The maximum Gasteiger partial charge on any atom is 0.271 e. The molecule has 0 bridgehead atoms. The third-order valence-corrected chi connectivity index (χ3v) is 5.72. The van der Waals surface area contributed by atoms with E-state index >= 15 is 0 Å². The van der Waals surface area contributed by atoms with Gasteiger partial charge in [0.2, 0.25) is 12.7 Å². The van der Waals surface area contributed by atoms with Gasteiger partial charge < -0.3 is 19.7 Å². The molecule has 3 aromatic rings. The van der Waals surface area contributed by atoms with E-state index in [0.29, 0.717) is 48.2 Å². The third-order valence-electron chi connectivity index (χ3n) is 5.72. The van der Waals surface area contributed by atoms with Crippen molar-refractivity contribution in [2.75, 3.05) is 19.9 Å². The molecule has 5 rings (SSSR count). The molecule has 9 heteroatoms. The van der Waals surface area contributed by atoms with E-state index in [0.717, 1.165) is 18.4 Å². The van der Waals surface area contributed by atoms with Crippen LogP contribution in [0.25, 0.3) is 11.4 Å². The highest BCUT2D eigenvalue weighted by Gasteiger charge is 2.29.